The summed E-state index contributed by atoms with van der Waals surface area (Å²) in [6.07, 6.45) is 5.80. The fourth-order valence-corrected chi connectivity index (χ4v) is 2.05. The van der Waals surface area contributed by atoms with E-state index in [1.807, 2.05) is 30.3 Å². The molecule has 102 valence electrons. The molecule has 0 radical (unpaired) electrons. The molecule has 0 aliphatic rings. The third kappa shape index (κ3) is 2.47. The molecule has 5 nitrogen and oxygen atoms in total. The molecule has 0 saturated carbocycles. The number of hydrogen-bond donors (Lipinski definition) is 1. The van der Waals surface area contributed by atoms with Crippen molar-refractivity contribution in [2.24, 2.45) is 0 Å². The normalized spacial score (nSPS) is 10.8. The number of anilines is 1. The fraction of sp³-hybridized carbons (Fsp3) is 0.267. The molecule has 5 heteroatoms. The smallest absolute Gasteiger partial charge is 0.181 e. The van der Waals surface area contributed by atoms with Crippen molar-refractivity contribution >= 4 is 17.0 Å². The highest BCUT2D eigenvalue weighted by Crippen LogP contribution is 2.16. The first-order valence-corrected chi connectivity index (χ1v) is 6.88. The van der Waals surface area contributed by atoms with Crippen molar-refractivity contribution in [3.05, 3.63) is 42.7 Å². The molecular weight excluding hydrogens is 250 g/mol. The first kappa shape index (κ1) is 12.6. The number of para-hydroxylation sites is 1. The Kier molecular flexibility index (Phi) is 3.58. The molecule has 0 amide bonds. The molecule has 3 aromatic rings. The fourth-order valence-electron chi connectivity index (χ4n) is 2.05. The van der Waals surface area contributed by atoms with Crippen LogP contribution in [-0.4, -0.2) is 26.3 Å². The second-order valence-electron chi connectivity index (χ2n) is 4.64. The molecule has 2 aromatic heterocycles. The Labute approximate surface area is 117 Å². The Hall–Kier alpha value is -2.43. The Bertz CT molecular complexity index is 690. The molecule has 3 rings (SSSR count). The molecule has 0 spiro atoms. The van der Waals surface area contributed by atoms with Crippen molar-refractivity contribution in [2.45, 2.75) is 19.8 Å². The number of benzene rings is 1. The standard InChI is InChI=1S/C15H17N5/c1-2-3-9-16-14-11-17-15-13(19-14)10-18-20(15)12-7-5-4-6-8-12/h4-8,10-11H,2-3,9H2,1H3,(H,16,19). The number of rotatable bonds is 5. The molecule has 1 aromatic carbocycles. The molecule has 0 fully saturated rings. The molecule has 0 atom stereocenters. The van der Waals surface area contributed by atoms with Crippen LogP contribution in [0.25, 0.3) is 16.9 Å². The average Bonchev–Trinajstić information content (AvgIpc) is 2.91. The molecular formula is C15H17N5. The SMILES string of the molecule is CCCCNc1cnc2c(cnn2-c2ccccc2)n1. The molecule has 0 bridgehead atoms. The predicted molar refractivity (Wildman–Crippen MR) is 80.1 cm³/mol. The Morgan fingerprint density at radius 2 is 2.00 bits per heavy atom. The highest BCUT2D eigenvalue weighted by atomic mass is 15.3. The minimum absolute atomic E-state index is 0.775. The number of nitrogens with one attached hydrogen (secondary N) is 1. The Morgan fingerprint density at radius 3 is 2.80 bits per heavy atom. The minimum Gasteiger partial charge on any atom is -0.369 e. The Morgan fingerprint density at radius 1 is 1.15 bits per heavy atom. The lowest BCUT2D eigenvalue weighted by molar-refractivity contribution is 0.831. The van der Waals surface area contributed by atoms with Crippen LogP contribution in [0.3, 0.4) is 0 Å². The zero-order valence-electron chi connectivity index (χ0n) is 11.5. The van der Waals surface area contributed by atoms with Crippen LogP contribution in [0.5, 0.6) is 0 Å². The van der Waals surface area contributed by atoms with E-state index < -0.39 is 0 Å². The first-order valence-electron chi connectivity index (χ1n) is 6.88. The van der Waals surface area contributed by atoms with E-state index in [4.69, 9.17) is 0 Å². The van der Waals surface area contributed by atoms with Gasteiger partial charge in [0.2, 0.25) is 0 Å². The number of aromatic nitrogens is 4. The van der Waals surface area contributed by atoms with E-state index in [0.717, 1.165) is 42.1 Å². The van der Waals surface area contributed by atoms with Crippen LogP contribution in [-0.2, 0) is 0 Å². The van der Waals surface area contributed by atoms with Gasteiger partial charge in [0.15, 0.2) is 5.65 Å². The van der Waals surface area contributed by atoms with Gasteiger partial charge in [-0.05, 0) is 18.6 Å². The average molecular weight is 267 g/mol. The summed E-state index contributed by atoms with van der Waals surface area (Å²) >= 11 is 0. The zero-order valence-corrected chi connectivity index (χ0v) is 11.5. The second-order valence-corrected chi connectivity index (χ2v) is 4.64. The topological polar surface area (TPSA) is 55.6 Å². The quantitative estimate of drug-likeness (QED) is 0.722. The van der Waals surface area contributed by atoms with Crippen molar-refractivity contribution in [3.8, 4) is 5.69 Å². The number of nitrogens with zero attached hydrogens (tertiary/aromatic N) is 4. The number of fused-ring (bicyclic) bond motifs is 1. The summed E-state index contributed by atoms with van der Waals surface area (Å²) in [5, 5.41) is 7.64. The maximum Gasteiger partial charge on any atom is 0.181 e. The van der Waals surface area contributed by atoms with E-state index in [1.54, 1.807) is 17.1 Å². The summed E-state index contributed by atoms with van der Waals surface area (Å²) in [5.41, 5.74) is 2.57. The van der Waals surface area contributed by atoms with Crippen LogP contribution in [0.4, 0.5) is 5.82 Å². The van der Waals surface area contributed by atoms with E-state index in [9.17, 15) is 0 Å². The summed E-state index contributed by atoms with van der Waals surface area (Å²) < 4.78 is 1.80. The molecule has 0 unspecified atom stereocenters. The number of hydrogen-bond acceptors (Lipinski definition) is 4. The maximum atomic E-state index is 4.54. The van der Waals surface area contributed by atoms with Gasteiger partial charge in [-0.3, -0.25) is 0 Å². The van der Waals surface area contributed by atoms with Crippen molar-refractivity contribution in [2.75, 3.05) is 11.9 Å². The van der Waals surface area contributed by atoms with E-state index in [-0.39, 0.29) is 0 Å². The van der Waals surface area contributed by atoms with Crippen molar-refractivity contribution < 1.29 is 0 Å². The van der Waals surface area contributed by atoms with E-state index in [1.165, 1.54) is 0 Å². The van der Waals surface area contributed by atoms with Gasteiger partial charge in [0.25, 0.3) is 0 Å². The van der Waals surface area contributed by atoms with Crippen molar-refractivity contribution in [1.82, 2.24) is 19.7 Å². The lowest BCUT2D eigenvalue weighted by atomic mass is 10.3. The monoisotopic (exact) mass is 267 g/mol. The van der Waals surface area contributed by atoms with Gasteiger partial charge in [0.05, 0.1) is 18.1 Å². The molecule has 2 heterocycles. The summed E-state index contributed by atoms with van der Waals surface area (Å²) in [4.78, 5) is 9.01. The van der Waals surface area contributed by atoms with Gasteiger partial charge >= 0.3 is 0 Å². The van der Waals surface area contributed by atoms with Gasteiger partial charge in [0.1, 0.15) is 11.3 Å². The third-order valence-electron chi connectivity index (χ3n) is 3.11. The van der Waals surface area contributed by atoms with Gasteiger partial charge in [-0.2, -0.15) is 5.10 Å². The molecule has 0 aliphatic carbocycles. The van der Waals surface area contributed by atoms with Crippen LogP contribution >= 0.6 is 0 Å². The van der Waals surface area contributed by atoms with Crippen LogP contribution in [0.1, 0.15) is 19.8 Å². The van der Waals surface area contributed by atoms with Crippen LogP contribution in [0.2, 0.25) is 0 Å². The van der Waals surface area contributed by atoms with E-state index in [0.29, 0.717) is 0 Å². The van der Waals surface area contributed by atoms with Crippen LogP contribution in [0, 0.1) is 0 Å². The minimum atomic E-state index is 0.775. The van der Waals surface area contributed by atoms with E-state index >= 15 is 0 Å². The first-order chi connectivity index (χ1) is 9.88. The maximum absolute atomic E-state index is 4.54. The van der Waals surface area contributed by atoms with Crippen LogP contribution < -0.4 is 5.32 Å². The molecule has 0 aliphatic heterocycles. The molecule has 1 N–H and O–H groups in total. The highest BCUT2D eigenvalue weighted by Gasteiger charge is 2.07. The summed E-state index contributed by atoms with van der Waals surface area (Å²) in [6.45, 7) is 3.09. The van der Waals surface area contributed by atoms with Gasteiger partial charge < -0.3 is 5.32 Å². The van der Waals surface area contributed by atoms with Gasteiger partial charge in [-0.1, -0.05) is 31.5 Å². The molecule has 20 heavy (non-hydrogen) atoms. The van der Waals surface area contributed by atoms with Crippen molar-refractivity contribution in [1.29, 1.82) is 0 Å². The largest absolute Gasteiger partial charge is 0.369 e. The summed E-state index contributed by atoms with van der Waals surface area (Å²) in [7, 11) is 0. The third-order valence-corrected chi connectivity index (χ3v) is 3.11. The Balaban J connectivity index is 1.91. The van der Waals surface area contributed by atoms with Crippen molar-refractivity contribution in [3.63, 3.8) is 0 Å². The van der Waals surface area contributed by atoms with Gasteiger partial charge in [0, 0.05) is 6.54 Å². The van der Waals surface area contributed by atoms with Crippen LogP contribution in [0.15, 0.2) is 42.7 Å². The highest BCUT2D eigenvalue weighted by molar-refractivity contribution is 5.73. The summed E-state index contributed by atoms with van der Waals surface area (Å²) in [5.74, 6) is 0.804. The number of unbranched alkanes of at least 4 members (excludes halogenated alkanes) is 1. The molecule has 0 saturated heterocycles. The van der Waals surface area contributed by atoms with Gasteiger partial charge in [-0.15, -0.1) is 0 Å². The lowest BCUT2D eigenvalue weighted by Crippen LogP contribution is -2.04. The van der Waals surface area contributed by atoms with Gasteiger partial charge in [-0.25, -0.2) is 14.6 Å². The zero-order chi connectivity index (χ0) is 13.8. The second kappa shape index (κ2) is 5.69. The summed E-state index contributed by atoms with van der Waals surface area (Å²) in [6, 6.07) is 9.95. The van der Waals surface area contributed by atoms with E-state index in [2.05, 4.69) is 27.3 Å². The lowest BCUT2D eigenvalue weighted by Gasteiger charge is -2.05. The predicted octanol–water partition coefficient (Wildman–Crippen LogP) is 3.03.